The SMILES string of the molecule is CCC[C@@H](C)C(C)C(F)(F)F. The van der Waals surface area contributed by atoms with Gasteiger partial charge in [-0.25, -0.2) is 0 Å². The first-order valence-electron chi connectivity index (χ1n) is 3.96. The molecule has 0 aromatic rings. The maximum Gasteiger partial charge on any atom is 0.391 e. The Kier molecular flexibility index (Phi) is 3.90. The molecule has 3 heteroatoms. The summed E-state index contributed by atoms with van der Waals surface area (Å²) >= 11 is 0. The Bertz CT molecular complexity index is 106. The molecule has 0 nitrogen and oxygen atoms in total. The molecule has 0 amide bonds. The molecule has 0 aliphatic carbocycles. The maximum absolute atomic E-state index is 12.0. The minimum atomic E-state index is -4.02. The Morgan fingerprint density at radius 3 is 1.91 bits per heavy atom. The molecule has 0 radical (unpaired) electrons. The summed E-state index contributed by atoms with van der Waals surface area (Å²) < 4.78 is 36.1. The van der Waals surface area contributed by atoms with Gasteiger partial charge in [0.15, 0.2) is 0 Å². The van der Waals surface area contributed by atoms with E-state index in [1.165, 1.54) is 6.92 Å². The molecule has 0 aliphatic heterocycles. The minimum Gasteiger partial charge on any atom is -0.171 e. The predicted octanol–water partition coefficient (Wildman–Crippen LogP) is 3.62. The van der Waals surface area contributed by atoms with Crippen LogP contribution in [0.5, 0.6) is 0 Å². The van der Waals surface area contributed by atoms with Gasteiger partial charge in [0.05, 0.1) is 5.92 Å². The zero-order chi connectivity index (χ0) is 9.07. The molecule has 11 heavy (non-hydrogen) atoms. The van der Waals surface area contributed by atoms with Crippen LogP contribution in [0.4, 0.5) is 13.2 Å². The average Bonchev–Trinajstić information content (AvgIpc) is 1.85. The molecular weight excluding hydrogens is 153 g/mol. The third-order valence-corrected chi connectivity index (χ3v) is 2.11. The Hall–Kier alpha value is -0.210. The van der Waals surface area contributed by atoms with Crippen molar-refractivity contribution in [2.75, 3.05) is 0 Å². The molecule has 0 fully saturated rings. The molecule has 0 aromatic carbocycles. The van der Waals surface area contributed by atoms with E-state index < -0.39 is 12.1 Å². The summed E-state index contributed by atoms with van der Waals surface area (Å²) in [4.78, 5) is 0. The monoisotopic (exact) mass is 168 g/mol. The van der Waals surface area contributed by atoms with Crippen molar-refractivity contribution < 1.29 is 13.2 Å². The zero-order valence-electron chi connectivity index (χ0n) is 7.20. The van der Waals surface area contributed by atoms with Gasteiger partial charge in [-0.2, -0.15) is 13.2 Å². The van der Waals surface area contributed by atoms with Gasteiger partial charge < -0.3 is 0 Å². The quantitative estimate of drug-likeness (QED) is 0.603. The number of halogens is 3. The Morgan fingerprint density at radius 1 is 1.18 bits per heavy atom. The van der Waals surface area contributed by atoms with Crippen molar-refractivity contribution in [3.05, 3.63) is 0 Å². The van der Waals surface area contributed by atoms with Crippen LogP contribution in [0.2, 0.25) is 0 Å². The summed E-state index contributed by atoms with van der Waals surface area (Å²) in [6.07, 6.45) is -2.54. The largest absolute Gasteiger partial charge is 0.391 e. The Morgan fingerprint density at radius 2 is 1.64 bits per heavy atom. The van der Waals surface area contributed by atoms with Crippen LogP contribution in [0.15, 0.2) is 0 Å². The lowest BCUT2D eigenvalue weighted by atomic mass is 9.91. The normalized spacial score (nSPS) is 18.0. The number of hydrogen-bond donors (Lipinski definition) is 0. The van der Waals surface area contributed by atoms with Gasteiger partial charge >= 0.3 is 6.18 Å². The Balaban J connectivity index is 3.91. The van der Waals surface area contributed by atoms with E-state index in [4.69, 9.17) is 0 Å². The molecule has 0 aliphatic rings. The molecule has 0 rings (SSSR count). The van der Waals surface area contributed by atoms with Gasteiger partial charge in [-0.15, -0.1) is 0 Å². The second-order valence-electron chi connectivity index (χ2n) is 3.10. The summed E-state index contributed by atoms with van der Waals surface area (Å²) in [6.45, 7) is 4.81. The fraction of sp³-hybridized carbons (Fsp3) is 1.00. The summed E-state index contributed by atoms with van der Waals surface area (Å²) in [5.74, 6) is -1.41. The highest BCUT2D eigenvalue weighted by atomic mass is 19.4. The van der Waals surface area contributed by atoms with E-state index in [9.17, 15) is 13.2 Å². The molecule has 0 N–H and O–H groups in total. The standard InChI is InChI=1S/C8H15F3/c1-4-5-6(2)7(3)8(9,10)11/h6-7H,4-5H2,1-3H3/t6-,7?/m1/s1. The molecule has 0 aromatic heterocycles. The van der Waals surface area contributed by atoms with Gasteiger partial charge in [-0.1, -0.05) is 33.6 Å². The van der Waals surface area contributed by atoms with Crippen molar-refractivity contribution in [3.63, 3.8) is 0 Å². The van der Waals surface area contributed by atoms with Crippen LogP contribution in [0.25, 0.3) is 0 Å². The van der Waals surface area contributed by atoms with Crippen LogP contribution in [-0.2, 0) is 0 Å². The molecule has 68 valence electrons. The summed E-state index contributed by atoms with van der Waals surface area (Å²) in [5.41, 5.74) is 0. The number of hydrogen-bond acceptors (Lipinski definition) is 0. The molecule has 0 bridgehead atoms. The minimum absolute atomic E-state index is 0.250. The van der Waals surface area contributed by atoms with E-state index in [0.29, 0.717) is 6.42 Å². The molecule has 0 heterocycles. The van der Waals surface area contributed by atoms with Crippen molar-refractivity contribution in [1.29, 1.82) is 0 Å². The third-order valence-electron chi connectivity index (χ3n) is 2.11. The van der Waals surface area contributed by atoms with Crippen LogP contribution >= 0.6 is 0 Å². The van der Waals surface area contributed by atoms with E-state index in [2.05, 4.69) is 0 Å². The van der Waals surface area contributed by atoms with Crippen LogP contribution in [0.1, 0.15) is 33.6 Å². The van der Waals surface area contributed by atoms with Crippen molar-refractivity contribution in [2.45, 2.75) is 39.8 Å². The van der Waals surface area contributed by atoms with Crippen LogP contribution in [-0.4, -0.2) is 6.18 Å². The lowest BCUT2D eigenvalue weighted by Crippen LogP contribution is -2.25. The Labute approximate surface area is 65.8 Å². The highest BCUT2D eigenvalue weighted by Gasteiger charge is 2.38. The van der Waals surface area contributed by atoms with E-state index >= 15 is 0 Å². The zero-order valence-corrected chi connectivity index (χ0v) is 7.20. The molecule has 0 saturated heterocycles. The van der Waals surface area contributed by atoms with Crippen molar-refractivity contribution >= 4 is 0 Å². The van der Waals surface area contributed by atoms with Gasteiger partial charge in [0, 0.05) is 0 Å². The van der Waals surface area contributed by atoms with Gasteiger partial charge in [0.25, 0.3) is 0 Å². The van der Waals surface area contributed by atoms with Crippen molar-refractivity contribution in [1.82, 2.24) is 0 Å². The molecule has 0 spiro atoms. The summed E-state index contributed by atoms with van der Waals surface area (Å²) in [6, 6.07) is 0. The fourth-order valence-electron chi connectivity index (χ4n) is 1.03. The second kappa shape index (κ2) is 3.98. The fourth-order valence-corrected chi connectivity index (χ4v) is 1.03. The summed E-state index contributed by atoms with van der Waals surface area (Å²) in [7, 11) is 0. The van der Waals surface area contributed by atoms with Crippen molar-refractivity contribution in [3.8, 4) is 0 Å². The third kappa shape index (κ3) is 3.63. The topological polar surface area (TPSA) is 0 Å². The first-order chi connectivity index (χ1) is 4.89. The molecule has 2 atom stereocenters. The van der Waals surface area contributed by atoms with E-state index in [-0.39, 0.29) is 5.92 Å². The first kappa shape index (κ1) is 10.8. The van der Waals surface area contributed by atoms with Gasteiger partial charge in [-0.3, -0.25) is 0 Å². The van der Waals surface area contributed by atoms with Crippen LogP contribution in [0.3, 0.4) is 0 Å². The van der Waals surface area contributed by atoms with E-state index in [1.54, 1.807) is 6.92 Å². The molecular formula is C8H15F3. The van der Waals surface area contributed by atoms with Crippen LogP contribution < -0.4 is 0 Å². The van der Waals surface area contributed by atoms with E-state index in [0.717, 1.165) is 6.42 Å². The van der Waals surface area contributed by atoms with Gasteiger partial charge in [-0.05, 0) is 5.92 Å². The van der Waals surface area contributed by atoms with Gasteiger partial charge in [0.1, 0.15) is 0 Å². The first-order valence-corrected chi connectivity index (χ1v) is 3.96. The molecule has 0 saturated carbocycles. The smallest absolute Gasteiger partial charge is 0.171 e. The van der Waals surface area contributed by atoms with Gasteiger partial charge in [0.2, 0.25) is 0 Å². The van der Waals surface area contributed by atoms with Crippen LogP contribution in [0, 0.1) is 11.8 Å². The average molecular weight is 168 g/mol. The molecule has 1 unspecified atom stereocenters. The number of rotatable bonds is 3. The lowest BCUT2D eigenvalue weighted by Gasteiger charge is -2.21. The summed E-state index contributed by atoms with van der Waals surface area (Å²) in [5, 5.41) is 0. The highest BCUT2D eigenvalue weighted by molar-refractivity contribution is 4.68. The highest BCUT2D eigenvalue weighted by Crippen LogP contribution is 2.33. The maximum atomic E-state index is 12.0. The predicted molar refractivity (Wildman–Crippen MR) is 39.3 cm³/mol. The van der Waals surface area contributed by atoms with E-state index in [1.807, 2.05) is 6.92 Å². The lowest BCUT2D eigenvalue weighted by molar-refractivity contribution is -0.182. The second-order valence-corrected chi connectivity index (χ2v) is 3.10. The van der Waals surface area contributed by atoms with Crippen molar-refractivity contribution in [2.24, 2.45) is 11.8 Å². The number of alkyl halides is 3.